The molecule has 3 heteroatoms. The van der Waals surface area contributed by atoms with Gasteiger partial charge in [0.15, 0.2) is 0 Å². The Balaban J connectivity index is 3.12. The highest BCUT2D eigenvalue weighted by Gasteiger charge is 2.02. The van der Waals surface area contributed by atoms with Gasteiger partial charge in [0.2, 0.25) is 0 Å². The topological polar surface area (TPSA) is 52.3 Å². The first-order valence-electron chi connectivity index (χ1n) is 9.67. The van der Waals surface area contributed by atoms with Gasteiger partial charge in [-0.15, -0.1) is 0 Å². The van der Waals surface area contributed by atoms with Crippen LogP contribution < -0.4 is 5.73 Å². The van der Waals surface area contributed by atoms with Crippen LogP contribution in [0.1, 0.15) is 103 Å². The van der Waals surface area contributed by atoms with Crippen LogP contribution in [0.25, 0.3) is 0 Å². The number of rotatable bonds is 17. The average Bonchev–Trinajstić information content (AvgIpc) is 2.52. The van der Waals surface area contributed by atoms with Gasteiger partial charge in [0, 0.05) is 6.42 Å². The first-order valence-corrected chi connectivity index (χ1v) is 9.67. The van der Waals surface area contributed by atoms with Gasteiger partial charge in [0.05, 0.1) is 6.61 Å². The van der Waals surface area contributed by atoms with Crippen LogP contribution in [-0.4, -0.2) is 19.1 Å². The van der Waals surface area contributed by atoms with E-state index in [-0.39, 0.29) is 5.97 Å². The number of nitrogens with two attached hydrogens (primary N) is 1. The summed E-state index contributed by atoms with van der Waals surface area (Å²) in [5, 5.41) is 0. The molecule has 0 unspecified atom stereocenters. The molecule has 3 nitrogen and oxygen atoms in total. The van der Waals surface area contributed by atoms with Crippen LogP contribution in [0, 0.1) is 0 Å². The van der Waals surface area contributed by atoms with Crippen molar-refractivity contribution in [3.63, 3.8) is 0 Å². The maximum Gasteiger partial charge on any atom is 0.305 e. The van der Waals surface area contributed by atoms with Crippen molar-refractivity contribution in [3.05, 3.63) is 0 Å². The lowest BCUT2D eigenvalue weighted by Crippen LogP contribution is -2.05. The van der Waals surface area contributed by atoms with Gasteiger partial charge in [-0.25, -0.2) is 0 Å². The molecule has 0 aromatic carbocycles. The molecule has 0 spiro atoms. The number of hydrogen-bond acceptors (Lipinski definition) is 3. The second-order valence-corrected chi connectivity index (χ2v) is 6.36. The van der Waals surface area contributed by atoms with Crippen molar-refractivity contribution in [1.82, 2.24) is 0 Å². The van der Waals surface area contributed by atoms with Crippen molar-refractivity contribution in [2.45, 2.75) is 103 Å². The molecule has 0 atom stereocenters. The molecule has 0 heterocycles. The Kier molecular flexibility index (Phi) is 18.0. The van der Waals surface area contributed by atoms with Gasteiger partial charge in [-0.2, -0.15) is 0 Å². The van der Waals surface area contributed by atoms with Gasteiger partial charge in [-0.1, -0.05) is 77.6 Å². The molecule has 2 N–H and O–H groups in total. The van der Waals surface area contributed by atoms with E-state index < -0.39 is 0 Å². The average molecular weight is 314 g/mol. The van der Waals surface area contributed by atoms with Crippen molar-refractivity contribution < 1.29 is 9.53 Å². The Morgan fingerprint density at radius 1 is 0.727 bits per heavy atom. The molecule has 0 aromatic heterocycles. The van der Waals surface area contributed by atoms with Crippen molar-refractivity contribution in [1.29, 1.82) is 0 Å². The Labute approximate surface area is 138 Å². The Bertz CT molecular complexity index is 231. The van der Waals surface area contributed by atoms with Gasteiger partial charge in [-0.05, 0) is 25.8 Å². The lowest BCUT2D eigenvalue weighted by molar-refractivity contribution is -0.143. The summed E-state index contributed by atoms with van der Waals surface area (Å²) in [5.74, 6) is -0.0154. The van der Waals surface area contributed by atoms with E-state index in [1.807, 2.05) is 0 Å². The molecular weight excluding hydrogens is 274 g/mol. The van der Waals surface area contributed by atoms with Gasteiger partial charge in [0.1, 0.15) is 0 Å². The van der Waals surface area contributed by atoms with Crippen LogP contribution in [-0.2, 0) is 9.53 Å². The van der Waals surface area contributed by atoms with Crippen molar-refractivity contribution >= 4 is 5.97 Å². The van der Waals surface area contributed by atoms with E-state index in [1.165, 1.54) is 64.2 Å². The van der Waals surface area contributed by atoms with Crippen LogP contribution in [0.15, 0.2) is 0 Å². The van der Waals surface area contributed by atoms with E-state index in [4.69, 9.17) is 10.5 Å². The highest BCUT2D eigenvalue weighted by Crippen LogP contribution is 2.10. The molecule has 22 heavy (non-hydrogen) atoms. The minimum Gasteiger partial charge on any atom is -0.466 e. The quantitative estimate of drug-likeness (QED) is 0.290. The third-order valence-electron chi connectivity index (χ3n) is 4.10. The Hall–Kier alpha value is -0.570. The monoisotopic (exact) mass is 313 g/mol. The van der Waals surface area contributed by atoms with Gasteiger partial charge < -0.3 is 10.5 Å². The SMILES string of the molecule is CCCCCCCCCCCOC(=O)CCCCCCCN. The number of carbonyl (C=O) groups is 1. The molecule has 132 valence electrons. The van der Waals surface area contributed by atoms with Crippen molar-refractivity contribution in [2.75, 3.05) is 13.2 Å². The fourth-order valence-corrected chi connectivity index (χ4v) is 2.61. The maximum absolute atomic E-state index is 11.5. The minimum atomic E-state index is -0.0154. The Morgan fingerprint density at radius 3 is 1.82 bits per heavy atom. The lowest BCUT2D eigenvalue weighted by atomic mass is 10.1. The number of esters is 1. The maximum atomic E-state index is 11.5. The fraction of sp³-hybridized carbons (Fsp3) is 0.947. The molecule has 0 bridgehead atoms. The first-order chi connectivity index (χ1) is 10.8. The first kappa shape index (κ1) is 21.4. The van der Waals surface area contributed by atoms with E-state index in [9.17, 15) is 4.79 Å². The summed E-state index contributed by atoms with van der Waals surface area (Å²) >= 11 is 0. The number of ether oxygens (including phenoxy) is 1. The number of carbonyl (C=O) groups excluding carboxylic acids is 1. The van der Waals surface area contributed by atoms with Crippen molar-refractivity contribution in [3.8, 4) is 0 Å². The van der Waals surface area contributed by atoms with Crippen molar-refractivity contribution in [2.24, 2.45) is 5.73 Å². The second-order valence-electron chi connectivity index (χ2n) is 6.36. The van der Waals surface area contributed by atoms with Gasteiger partial charge in [-0.3, -0.25) is 4.79 Å². The molecule has 0 fully saturated rings. The molecule has 0 aliphatic rings. The molecule has 0 aliphatic carbocycles. The predicted molar refractivity (Wildman–Crippen MR) is 94.9 cm³/mol. The molecule has 0 saturated heterocycles. The summed E-state index contributed by atoms with van der Waals surface area (Å²) in [5.41, 5.74) is 5.44. The van der Waals surface area contributed by atoms with E-state index >= 15 is 0 Å². The lowest BCUT2D eigenvalue weighted by Gasteiger charge is -2.05. The zero-order valence-electron chi connectivity index (χ0n) is 14.9. The molecular formula is C19H39NO2. The van der Waals surface area contributed by atoms with Crippen LogP contribution in [0.5, 0.6) is 0 Å². The normalized spacial score (nSPS) is 10.8. The molecule has 0 saturated carbocycles. The molecule has 0 radical (unpaired) electrons. The number of unbranched alkanes of at least 4 members (excludes halogenated alkanes) is 12. The van der Waals surface area contributed by atoms with Crippen LogP contribution in [0.3, 0.4) is 0 Å². The second kappa shape index (κ2) is 18.5. The molecule has 0 rings (SSSR count). The third-order valence-corrected chi connectivity index (χ3v) is 4.10. The minimum absolute atomic E-state index is 0.0154. The zero-order chi connectivity index (χ0) is 16.3. The molecule has 0 aliphatic heterocycles. The standard InChI is InChI=1S/C19H39NO2/c1-2-3-4-5-6-7-8-12-15-18-22-19(21)16-13-10-9-11-14-17-20/h2-18,20H2,1H3. The largest absolute Gasteiger partial charge is 0.466 e. The predicted octanol–water partition coefficient (Wildman–Crippen LogP) is 5.36. The van der Waals surface area contributed by atoms with E-state index in [0.29, 0.717) is 13.0 Å². The van der Waals surface area contributed by atoms with Crippen LogP contribution in [0.2, 0.25) is 0 Å². The van der Waals surface area contributed by atoms with E-state index in [0.717, 1.165) is 32.2 Å². The van der Waals surface area contributed by atoms with Crippen LogP contribution >= 0.6 is 0 Å². The summed E-state index contributed by atoms with van der Waals surface area (Å²) in [6.07, 6.45) is 17.8. The highest BCUT2D eigenvalue weighted by atomic mass is 16.5. The summed E-state index contributed by atoms with van der Waals surface area (Å²) in [4.78, 5) is 11.5. The molecule has 0 aromatic rings. The highest BCUT2D eigenvalue weighted by molar-refractivity contribution is 5.69. The Morgan fingerprint density at radius 2 is 1.23 bits per heavy atom. The van der Waals surface area contributed by atoms with E-state index in [2.05, 4.69) is 6.92 Å². The summed E-state index contributed by atoms with van der Waals surface area (Å²) in [7, 11) is 0. The summed E-state index contributed by atoms with van der Waals surface area (Å²) < 4.78 is 5.27. The summed E-state index contributed by atoms with van der Waals surface area (Å²) in [6.45, 7) is 3.64. The third kappa shape index (κ3) is 17.5. The summed E-state index contributed by atoms with van der Waals surface area (Å²) in [6, 6.07) is 0. The number of hydrogen-bond donors (Lipinski definition) is 1. The zero-order valence-corrected chi connectivity index (χ0v) is 14.9. The van der Waals surface area contributed by atoms with Gasteiger partial charge in [0.25, 0.3) is 0 Å². The van der Waals surface area contributed by atoms with Crippen LogP contribution in [0.4, 0.5) is 0 Å². The fourth-order valence-electron chi connectivity index (χ4n) is 2.61. The smallest absolute Gasteiger partial charge is 0.305 e. The van der Waals surface area contributed by atoms with E-state index in [1.54, 1.807) is 0 Å². The van der Waals surface area contributed by atoms with Gasteiger partial charge >= 0.3 is 5.97 Å². The molecule has 0 amide bonds.